The smallest absolute Gasteiger partial charge is 0.337 e. The van der Waals surface area contributed by atoms with Gasteiger partial charge < -0.3 is 19.5 Å². The highest BCUT2D eigenvalue weighted by Gasteiger charge is 2.45. The number of fused-ring (bicyclic) bond motifs is 2. The van der Waals surface area contributed by atoms with E-state index in [9.17, 15) is 14.7 Å². The number of hydrogen-bond donors (Lipinski definition) is 1. The lowest BCUT2D eigenvalue weighted by Crippen LogP contribution is -2.43. The van der Waals surface area contributed by atoms with Crippen molar-refractivity contribution in [1.29, 1.82) is 0 Å². The number of anilines is 1. The molecule has 2 amide bonds. The van der Waals surface area contributed by atoms with E-state index in [1.807, 2.05) is 89.9 Å². The molecule has 0 saturated carbocycles. The molecule has 12 heteroatoms. The summed E-state index contributed by atoms with van der Waals surface area (Å²) in [5.41, 5.74) is 4.32. The van der Waals surface area contributed by atoms with Gasteiger partial charge in [-0.05, 0) is 89.1 Å². The van der Waals surface area contributed by atoms with Crippen LogP contribution in [-0.4, -0.2) is 74.7 Å². The Morgan fingerprint density at radius 3 is 2.46 bits per heavy atom. The first-order valence-electron chi connectivity index (χ1n) is 15.8. The van der Waals surface area contributed by atoms with Crippen LogP contribution in [0.1, 0.15) is 51.8 Å². The summed E-state index contributed by atoms with van der Waals surface area (Å²) in [6.45, 7) is 13.0. The van der Waals surface area contributed by atoms with E-state index >= 15 is 0 Å². The molecule has 1 saturated heterocycles. The second-order valence-electron chi connectivity index (χ2n) is 13.8. The molecule has 1 aliphatic heterocycles. The number of halogens is 1. The van der Waals surface area contributed by atoms with Gasteiger partial charge in [0.25, 0.3) is 0 Å². The highest BCUT2D eigenvalue weighted by atomic mass is 35.5. The molecule has 1 atom stereocenters. The van der Waals surface area contributed by atoms with Crippen LogP contribution in [0, 0.1) is 6.92 Å². The minimum atomic E-state index is -1.20. The number of amides is 2. The third-order valence-electron chi connectivity index (χ3n) is 8.61. The van der Waals surface area contributed by atoms with Crippen LogP contribution >= 0.6 is 22.9 Å². The van der Waals surface area contributed by atoms with Crippen molar-refractivity contribution in [3.05, 3.63) is 64.7 Å². The number of hydrogen-bond acceptors (Lipinski definition) is 7. The Morgan fingerprint density at radius 2 is 1.81 bits per heavy atom. The number of aliphatic carboxylic acids is 1. The Kier molecular flexibility index (Phi) is 8.78. The quantitative estimate of drug-likeness (QED) is 0.167. The van der Waals surface area contributed by atoms with Gasteiger partial charge in [0.2, 0.25) is 0 Å². The number of thiazole rings is 1. The number of aromatic nitrogens is 3. The summed E-state index contributed by atoms with van der Waals surface area (Å²) in [5, 5.41) is 17.4. The monoisotopic (exact) mass is 689 g/mol. The molecular formula is C36H40ClN5O5S. The summed E-state index contributed by atoms with van der Waals surface area (Å²) < 4.78 is 14.1. The van der Waals surface area contributed by atoms with Gasteiger partial charge in [-0.2, -0.15) is 5.10 Å². The number of nitrogens with zero attached hydrogens (tertiary/aromatic N) is 5. The first kappa shape index (κ1) is 33.9. The molecule has 1 fully saturated rings. The van der Waals surface area contributed by atoms with Crippen molar-refractivity contribution in [2.24, 2.45) is 7.05 Å². The molecule has 0 unspecified atom stereocenters. The van der Waals surface area contributed by atoms with Crippen molar-refractivity contribution >= 4 is 61.9 Å². The fourth-order valence-electron chi connectivity index (χ4n) is 6.43. The van der Waals surface area contributed by atoms with Gasteiger partial charge in [0.1, 0.15) is 5.01 Å². The van der Waals surface area contributed by atoms with Crippen molar-refractivity contribution in [3.8, 4) is 21.7 Å². The van der Waals surface area contributed by atoms with Crippen LogP contribution in [0.15, 0.2) is 48.5 Å². The molecule has 6 rings (SSSR count). The SMILES string of the molecule is COCCN1C(=O)N(c2nn(C)c3ccc(-c4nc5cc(C)c([C@H](OC(C)(C)C)C(=O)O)c(-c6ccc(Cl)cc6)c5s4)cc23)CC1(C)C. The maximum Gasteiger partial charge on any atom is 0.337 e. The van der Waals surface area contributed by atoms with Gasteiger partial charge in [-0.15, -0.1) is 11.3 Å². The number of carboxylic acids is 1. The summed E-state index contributed by atoms with van der Waals surface area (Å²) >= 11 is 7.76. The third kappa shape index (κ3) is 6.16. The number of urea groups is 1. The van der Waals surface area contributed by atoms with Crippen LogP contribution in [0.4, 0.5) is 10.6 Å². The Hall–Kier alpha value is -4.03. The highest BCUT2D eigenvalue weighted by molar-refractivity contribution is 7.22. The zero-order valence-electron chi connectivity index (χ0n) is 28.4. The second-order valence-corrected chi connectivity index (χ2v) is 15.2. The van der Waals surface area contributed by atoms with E-state index in [0.29, 0.717) is 36.1 Å². The number of benzene rings is 3. The van der Waals surface area contributed by atoms with Crippen LogP contribution in [-0.2, 0) is 21.3 Å². The fourth-order valence-corrected chi connectivity index (χ4v) is 7.68. The third-order valence-corrected chi connectivity index (χ3v) is 10.00. The van der Waals surface area contributed by atoms with Gasteiger partial charge in [-0.3, -0.25) is 9.58 Å². The molecule has 48 heavy (non-hydrogen) atoms. The summed E-state index contributed by atoms with van der Waals surface area (Å²) in [7, 11) is 3.50. The molecule has 3 aromatic carbocycles. The zero-order chi connectivity index (χ0) is 34.7. The second kappa shape index (κ2) is 12.5. The molecule has 0 radical (unpaired) electrons. The topological polar surface area (TPSA) is 110 Å². The number of carbonyl (C=O) groups excluding carboxylic acids is 1. The lowest BCUT2D eigenvalue weighted by molar-refractivity contribution is -0.160. The van der Waals surface area contributed by atoms with Crippen LogP contribution in [0.5, 0.6) is 0 Å². The van der Waals surface area contributed by atoms with E-state index in [0.717, 1.165) is 48.4 Å². The van der Waals surface area contributed by atoms with E-state index in [4.69, 9.17) is 31.2 Å². The largest absolute Gasteiger partial charge is 0.479 e. The molecule has 10 nitrogen and oxygen atoms in total. The minimum absolute atomic E-state index is 0.108. The first-order chi connectivity index (χ1) is 22.6. The van der Waals surface area contributed by atoms with Crippen LogP contribution < -0.4 is 4.90 Å². The molecule has 1 aliphatic rings. The average Bonchev–Trinajstić information content (AvgIpc) is 3.65. The van der Waals surface area contributed by atoms with Crippen molar-refractivity contribution in [3.63, 3.8) is 0 Å². The molecular weight excluding hydrogens is 650 g/mol. The highest BCUT2D eigenvalue weighted by Crippen LogP contribution is 2.45. The number of carboxylic acid groups (broad SMARTS) is 1. The predicted molar refractivity (Wildman–Crippen MR) is 191 cm³/mol. The van der Waals surface area contributed by atoms with Crippen molar-refractivity contribution in [1.82, 2.24) is 19.7 Å². The normalized spacial score (nSPS) is 15.6. The molecule has 252 valence electrons. The summed E-state index contributed by atoms with van der Waals surface area (Å²) in [6, 6.07) is 15.2. The van der Waals surface area contributed by atoms with E-state index in [-0.39, 0.29) is 6.03 Å². The molecule has 1 N–H and O–H groups in total. The van der Waals surface area contributed by atoms with Crippen LogP contribution in [0.3, 0.4) is 0 Å². The fraction of sp³-hybridized carbons (Fsp3) is 0.389. The maximum absolute atomic E-state index is 13.7. The van der Waals surface area contributed by atoms with E-state index in [1.165, 1.54) is 11.3 Å². The molecule has 2 aromatic heterocycles. The van der Waals surface area contributed by atoms with Crippen molar-refractivity contribution in [2.45, 2.75) is 58.8 Å². The van der Waals surface area contributed by atoms with E-state index < -0.39 is 23.2 Å². The maximum atomic E-state index is 13.7. The number of aryl methyl sites for hydroxylation is 2. The van der Waals surface area contributed by atoms with Gasteiger partial charge in [-0.1, -0.05) is 23.7 Å². The lowest BCUT2D eigenvalue weighted by Gasteiger charge is -2.29. The first-order valence-corrected chi connectivity index (χ1v) is 16.9. The van der Waals surface area contributed by atoms with Gasteiger partial charge in [0.15, 0.2) is 11.9 Å². The van der Waals surface area contributed by atoms with E-state index in [2.05, 4.69) is 0 Å². The number of ether oxygens (including phenoxy) is 2. The molecule has 0 aliphatic carbocycles. The van der Waals surface area contributed by atoms with Crippen molar-refractivity contribution in [2.75, 3.05) is 31.7 Å². The predicted octanol–water partition coefficient (Wildman–Crippen LogP) is 8.09. The molecule has 0 spiro atoms. The van der Waals surface area contributed by atoms with Gasteiger partial charge in [0, 0.05) is 47.8 Å². The van der Waals surface area contributed by atoms with Crippen LogP contribution in [0.25, 0.3) is 42.8 Å². The lowest BCUT2D eigenvalue weighted by atomic mass is 9.91. The summed E-state index contributed by atoms with van der Waals surface area (Å²) in [5.74, 6) is -0.473. The minimum Gasteiger partial charge on any atom is -0.479 e. The Morgan fingerprint density at radius 1 is 1.12 bits per heavy atom. The number of methoxy groups -OCH3 is 1. The average molecular weight is 690 g/mol. The van der Waals surface area contributed by atoms with Gasteiger partial charge in [-0.25, -0.2) is 14.6 Å². The Balaban J connectivity index is 1.51. The number of carbonyl (C=O) groups is 2. The molecule has 0 bridgehead atoms. The zero-order valence-corrected chi connectivity index (χ0v) is 30.0. The Bertz CT molecular complexity index is 2050. The van der Waals surface area contributed by atoms with E-state index in [1.54, 1.807) is 28.8 Å². The number of rotatable bonds is 9. The Labute approximate surface area is 288 Å². The van der Waals surface area contributed by atoms with Crippen molar-refractivity contribution < 1.29 is 24.2 Å². The van der Waals surface area contributed by atoms with Gasteiger partial charge in [0.05, 0.1) is 40.0 Å². The van der Waals surface area contributed by atoms with Crippen LogP contribution in [0.2, 0.25) is 5.02 Å². The van der Waals surface area contributed by atoms with Gasteiger partial charge >= 0.3 is 12.0 Å². The standard InChI is InChI=1S/C36H40ClN5O5S/c1-20-17-25-30(28(21-9-12-23(37)13-10-21)27(20)29(33(43)44)47-35(2,3)4)48-32(38-25)22-11-14-26-24(18-22)31(39-40(26)7)41-19-36(5,6)42(34(41)45)15-16-46-8/h9-14,17-18,29H,15-16,19H2,1-8H3,(H,43,44)/t29-/m0/s1. The molecule has 5 aromatic rings. The molecule has 3 heterocycles. The summed E-state index contributed by atoms with van der Waals surface area (Å²) in [4.78, 5) is 35.1. The summed E-state index contributed by atoms with van der Waals surface area (Å²) in [6.07, 6.45) is -1.20.